The molecule has 1 aliphatic heterocycles. The molecule has 0 spiro atoms. The summed E-state index contributed by atoms with van der Waals surface area (Å²) in [5.74, 6) is 0.373. The Morgan fingerprint density at radius 3 is 2.64 bits per heavy atom. The summed E-state index contributed by atoms with van der Waals surface area (Å²) < 4.78 is 0. The molecule has 14 heavy (non-hydrogen) atoms. The lowest BCUT2D eigenvalue weighted by molar-refractivity contribution is -0.127. The Balaban J connectivity index is 2.03. The molecule has 2 N–H and O–H groups in total. The van der Waals surface area contributed by atoms with Crippen LogP contribution in [-0.2, 0) is 11.3 Å². The first-order chi connectivity index (χ1) is 6.75. The van der Waals surface area contributed by atoms with E-state index in [1.807, 2.05) is 12.1 Å². The summed E-state index contributed by atoms with van der Waals surface area (Å²) in [5, 5.41) is 12.1. The molecule has 0 atom stereocenters. The fourth-order valence-electron chi connectivity index (χ4n) is 1.46. The molecule has 1 fully saturated rings. The average Bonchev–Trinajstić information content (AvgIpc) is 2.56. The standard InChI is InChI=1S/C10H12N2O2/c13-9-3-1-8(2-4-9)6-12-7-11-5-10(12)14/h1-4,11,13H,5-7H2. The van der Waals surface area contributed by atoms with E-state index in [4.69, 9.17) is 5.11 Å². The molecule has 74 valence electrons. The number of hydrogen-bond acceptors (Lipinski definition) is 3. The second-order valence-electron chi connectivity index (χ2n) is 3.34. The molecule has 1 aromatic rings. The van der Waals surface area contributed by atoms with Crippen LogP contribution in [0.1, 0.15) is 5.56 Å². The largest absolute Gasteiger partial charge is 0.508 e. The third-order valence-electron chi connectivity index (χ3n) is 2.24. The summed E-state index contributed by atoms with van der Waals surface area (Å²) in [6.07, 6.45) is 0. The summed E-state index contributed by atoms with van der Waals surface area (Å²) in [6.45, 7) is 1.64. The molecule has 0 radical (unpaired) electrons. The molecule has 1 amide bonds. The maximum Gasteiger partial charge on any atom is 0.237 e. The van der Waals surface area contributed by atoms with E-state index in [1.54, 1.807) is 17.0 Å². The highest BCUT2D eigenvalue weighted by Crippen LogP contribution is 2.12. The van der Waals surface area contributed by atoms with E-state index in [0.29, 0.717) is 19.8 Å². The minimum Gasteiger partial charge on any atom is -0.508 e. The van der Waals surface area contributed by atoms with Gasteiger partial charge in [0.1, 0.15) is 5.75 Å². The average molecular weight is 192 g/mol. The summed E-state index contributed by atoms with van der Waals surface area (Å²) >= 11 is 0. The predicted octanol–water partition coefficient (Wildman–Crippen LogP) is 0.281. The molecular formula is C10H12N2O2. The highest BCUT2D eigenvalue weighted by molar-refractivity contribution is 5.79. The molecule has 2 rings (SSSR count). The van der Waals surface area contributed by atoms with Gasteiger partial charge in [-0.2, -0.15) is 0 Å². The Labute approximate surface area is 82.2 Å². The lowest BCUT2D eigenvalue weighted by atomic mass is 10.2. The van der Waals surface area contributed by atoms with Crippen molar-refractivity contribution in [2.75, 3.05) is 13.2 Å². The van der Waals surface area contributed by atoms with Crippen molar-refractivity contribution in [1.29, 1.82) is 0 Å². The number of carbonyl (C=O) groups is 1. The zero-order valence-electron chi connectivity index (χ0n) is 7.73. The third-order valence-corrected chi connectivity index (χ3v) is 2.24. The maximum absolute atomic E-state index is 11.3. The van der Waals surface area contributed by atoms with Crippen LogP contribution in [0.15, 0.2) is 24.3 Å². The van der Waals surface area contributed by atoms with Crippen LogP contribution < -0.4 is 5.32 Å². The van der Waals surface area contributed by atoms with Crippen LogP contribution in [0.3, 0.4) is 0 Å². The van der Waals surface area contributed by atoms with Gasteiger partial charge >= 0.3 is 0 Å². The van der Waals surface area contributed by atoms with Gasteiger partial charge in [-0.3, -0.25) is 10.1 Å². The van der Waals surface area contributed by atoms with E-state index >= 15 is 0 Å². The minimum absolute atomic E-state index is 0.123. The highest BCUT2D eigenvalue weighted by atomic mass is 16.3. The van der Waals surface area contributed by atoms with Crippen LogP contribution in [0.25, 0.3) is 0 Å². The fraction of sp³-hybridized carbons (Fsp3) is 0.300. The molecular weight excluding hydrogens is 180 g/mol. The van der Waals surface area contributed by atoms with Gasteiger partial charge in [0.2, 0.25) is 5.91 Å². The van der Waals surface area contributed by atoms with E-state index in [1.165, 1.54) is 0 Å². The van der Waals surface area contributed by atoms with Gasteiger partial charge in [-0.1, -0.05) is 12.1 Å². The summed E-state index contributed by atoms with van der Waals surface area (Å²) in [5.41, 5.74) is 1.03. The third kappa shape index (κ3) is 1.85. The number of benzene rings is 1. The van der Waals surface area contributed by atoms with Crippen molar-refractivity contribution in [2.45, 2.75) is 6.54 Å². The predicted molar refractivity (Wildman–Crippen MR) is 51.5 cm³/mol. The van der Waals surface area contributed by atoms with Crippen LogP contribution in [0.5, 0.6) is 5.75 Å². The van der Waals surface area contributed by atoms with Gasteiger partial charge in [0, 0.05) is 6.54 Å². The monoisotopic (exact) mass is 192 g/mol. The van der Waals surface area contributed by atoms with E-state index in [0.717, 1.165) is 5.56 Å². The summed E-state index contributed by atoms with van der Waals surface area (Å²) in [7, 11) is 0. The molecule has 4 nitrogen and oxygen atoms in total. The first-order valence-electron chi connectivity index (χ1n) is 4.52. The van der Waals surface area contributed by atoms with Crippen molar-refractivity contribution in [1.82, 2.24) is 10.2 Å². The smallest absolute Gasteiger partial charge is 0.237 e. The van der Waals surface area contributed by atoms with E-state index < -0.39 is 0 Å². The number of phenolic OH excluding ortho intramolecular Hbond substituents is 1. The number of phenols is 1. The minimum atomic E-state index is 0.123. The Morgan fingerprint density at radius 1 is 1.36 bits per heavy atom. The molecule has 0 aromatic heterocycles. The molecule has 1 heterocycles. The molecule has 1 aliphatic rings. The lowest BCUT2D eigenvalue weighted by Crippen LogP contribution is -2.25. The zero-order chi connectivity index (χ0) is 9.97. The lowest BCUT2D eigenvalue weighted by Gasteiger charge is -2.14. The van der Waals surface area contributed by atoms with Crippen molar-refractivity contribution in [3.05, 3.63) is 29.8 Å². The number of rotatable bonds is 2. The SMILES string of the molecule is O=C1CNCN1Cc1ccc(O)cc1. The topological polar surface area (TPSA) is 52.6 Å². The molecule has 0 saturated carbocycles. The van der Waals surface area contributed by atoms with Crippen molar-refractivity contribution >= 4 is 5.91 Å². The van der Waals surface area contributed by atoms with Crippen molar-refractivity contribution in [2.24, 2.45) is 0 Å². The summed E-state index contributed by atoms with van der Waals surface area (Å²) in [6, 6.07) is 6.90. The van der Waals surface area contributed by atoms with Crippen LogP contribution in [0.4, 0.5) is 0 Å². The van der Waals surface area contributed by atoms with Gasteiger partial charge < -0.3 is 10.0 Å². The normalized spacial score (nSPS) is 16.3. The molecule has 0 unspecified atom stereocenters. The van der Waals surface area contributed by atoms with Crippen molar-refractivity contribution in [3.63, 3.8) is 0 Å². The van der Waals surface area contributed by atoms with Crippen molar-refractivity contribution < 1.29 is 9.90 Å². The molecule has 0 bridgehead atoms. The van der Waals surface area contributed by atoms with Crippen LogP contribution >= 0.6 is 0 Å². The fourth-order valence-corrected chi connectivity index (χ4v) is 1.46. The van der Waals surface area contributed by atoms with Gasteiger partial charge in [0.05, 0.1) is 13.2 Å². The highest BCUT2D eigenvalue weighted by Gasteiger charge is 2.18. The van der Waals surface area contributed by atoms with Gasteiger partial charge in [-0.05, 0) is 17.7 Å². The van der Waals surface area contributed by atoms with E-state index in [2.05, 4.69) is 5.32 Å². The molecule has 1 saturated heterocycles. The van der Waals surface area contributed by atoms with E-state index in [9.17, 15) is 4.79 Å². The van der Waals surface area contributed by atoms with Gasteiger partial charge in [-0.25, -0.2) is 0 Å². The zero-order valence-corrected chi connectivity index (χ0v) is 7.73. The number of hydrogen-bond donors (Lipinski definition) is 2. The molecule has 1 aromatic carbocycles. The number of nitrogens with one attached hydrogen (secondary N) is 1. The van der Waals surface area contributed by atoms with E-state index in [-0.39, 0.29) is 11.7 Å². The van der Waals surface area contributed by atoms with Crippen LogP contribution in [-0.4, -0.2) is 29.1 Å². The van der Waals surface area contributed by atoms with Gasteiger partial charge in [0.25, 0.3) is 0 Å². The quantitative estimate of drug-likeness (QED) is 0.707. The number of carbonyl (C=O) groups excluding carboxylic acids is 1. The van der Waals surface area contributed by atoms with Gasteiger partial charge in [0.15, 0.2) is 0 Å². The number of aromatic hydroxyl groups is 1. The second kappa shape index (κ2) is 3.67. The Kier molecular flexibility index (Phi) is 2.37. The first kappa shape index (κ1) is 9.02. The molecule has 0 aliphatic carbocycles. The first-order valence-corrected chi connectivity index (χ1v) is 4.52. The van der Waals surface area contributed by atoms with Gasteiger partial charge in [-0.15, -0.1) is 0 Å². The molecule has 4 heteroatoms. The number of nitrogens with zero attached hydrogens (tertiary/aromatic N) is 1. The second-order valence-corrected chi connectivity index (χ2v) is 3.34. The van der Waals surface area contributed by atoms with Crippen LogP contribution in [0.2, 0.25) is 0 Å². The summed E-state index contributed by atoms with van der Waals surface area (Å²) in [4.78, 5) is 13.0. The Bertz CT molecular complexity index is 334. The number of amides is 1. The van der Waals surface area contributed by atoms with Crippen molar-refractivity contribution in [3.8, 4) is 5.75 Å². The Hall–Kier alpha value is -1.55. The Morgan fingerprint density at radius 2 is 2.07 bits per heavy atom. The maximum atomic E-state index is 11.3. The van der Waals surface area contributed by atoms with Crippen LogP contribution in [0, 0.1) is 0 Å².